The second-order valence-electron chi connectivity index (χ2n) is 3.35. The van der Waals surface area contributed by atoms with Crippen LogP contribution in [0.4, 0.5) is 5.69 Å². The molecule has 16 heavy (non-hydrogen) atoms. The minimum atomic E-state index is -0.723. The fourth-order valence-electron chi connectivity index (χ4n) is 1.15. The molecule has 0 spiro atoms. The summed E-state index contributed by atoms with van der Waals surface area (Å²) in [5, 5.41) is 3.19. The quantitative estimate of drug-likeness (QED) is 0.585. The molecule has 4 nitrogen and oxygen atoms in total. The Bertz CT molecular complexity index is 378. The van der Waals surface area contributed by atoms with E-state index in [-0.39, 0.29) is 0 Å². The van der Waals surface area contributed by atoms with Crippen LogP contribution in [-0.2, 0) is 10.8 Å². The standard InChI is InChI=1S/C10H15N3OS2/c1-16(14)6-2-5-12-8-3-4-9(10(11)15)13-7-8/h3-4,7,12H,2,5-6H2,1H3,(H2,11,15). The maximum Gasteiger partial charge on any atom is 0.122 e. The Hall–Kier alpha value is -1.01. The molecule has 0 radical (unpaired) electrons. The highest BCUT2D eigenvalue weighted by Gasteiger charge is 1.98. The Kier molecular flexibility index (Phi) is 5.34. The summed E-state index contributed by atoms with van der Waals surface area (Å²) < 4.78 is 10.8. The summed E-state index contributed by atoms with van der Waals surface area (Å²) in [5.74, 6) is 0.714. The SMILES string of the molecule is CS(=O)CCCNc1ccc(C(N)=S)nc1. The number of nitrogens with two attached hydrogens (primary N) is 1. The van der Waals surface area contributed by atoms with Crippen LogP contribution in [-0.4, -0.2) is 32.7 Å². The molecule has 1 aromatic heterocycles. The van der Waals surface area contributed by atoms with Crippen molar-refractivity contribution in [2.45, 2.75) is 6.42 Å². The molecule has 1 heterocycles. The maximum atomic E-state index is 10.8. The molecule has 1 aromatic rings. The van der Waals surface area contributed by atoms with Crippen molar-refractivity contribution in [3.8, 4) is 0 Å². The van der Waals surface area contributed by atoms with Crippen molar-refractivity contribution in [1.29, 1.82) is 0 Å². The second kappa shape index (κ2) is 6.55. The summed E-state index contributed by atoms with van der Waals surface area (Å²) in [6.07, 6.45) is 4.27. The number of pyridine rings is 1. The molecule has 3 N–H and O–H groups in total. The van der Waals surface area contributed by atoms with Crippen molar-refractivity contribution >= 4 is 33.7 Å². The van der Waals surface area contributed by atoms with Gasteiger partial charge in [-0.15, -0.1) is 0 Å². The van der Waals surface area contributed by atoms with Gasteiger partial charge in [0.25, 0.3) is 0 Å². The van der Waals surface area contributed by atoms with Crippen molar-refractivity contribution in [2.75, 3.05) is 23.9 Å². The lowest BCUT2D eigenvalue weighted by Gasteiger charge is -2.05. The van der Waals surface area contributed by atoms with Crippen LogP contribution >= 0.6 is 12.2 Å². The zero-order valence-electron chi connectivity index (χ0n) is 9.10. The van der Waals surface area contributed by atoms with Gasteiger partial charge in [-0.05, 0) is 18.6 Å². The summed E-state index contributed by atoms with van der Waals surface area (Å²) in [6, 6.07) is 3.66. The molecule has 88 valence electrons. The highest BCUT2D eigenvalue weighted by Crippen LogP contribution is 2.05. The summed E-state index contributed by atoms with van der Waals surface area (Å²) in [4.78, 5) is 4.40. The zero-order chi connectivity index (χ0) is 12.0. The van der Waals surface area contributed by atoms with E-state index in [9.17, 15) is 4.21 Å². The molecule has 0 amide bonds. The highest BCUT2D eigenvalue weighted by molar-refractivity contribution is 7.84. The predicted molar refractivity (Wildman–Crippen MR) is 72.2 cm³/mol. The lowest BCUT2D eigenvalue weighted by molar-refractivity contribution is 0.685. The smallest absolute Gasteiger partial charge is 0.122 e. The molecule has 1 unspecified atom stereocenters. The average Bonchev–Trinajstić information content (AvgIpc) is 2.25. The molecule has 0 fully saturated rings. The Morgan fingerprint density at radius 2 is 2.38 bits per heavy atom. The first-order valence-electron chi connectivity index (χ1n) is 4.89. The zero-order valence-corrected chi connectivity index (χ0v) is 10.7. The third kappa shape index (κ3) is 4.67. The molecule has 0 bridgehead atoms. The first-order chi connectivity index (χ1) is 7.59. The summed E-state index contributed by atoms with van der Waals surface area (Å²) in [7, 11) is -0.723. The van der Waals surface area contributed by atoms with Gasteiger partial charge in [0.05, 0.1) is 17.6 Å². The van der Waals surface area contributed by atoms with Gasteiger partial charge < -0.3 is 11.1 Å². The van der Waals surface area contributed by atoms with Crippen LogP contribution < -0.4 is 11.1 Å². The van der Waals surface area contributed by atoms with Crippen LogP contribution in [0.2, 0.25) is 0 Å². The fourth-order valence-corrected chi connectivity index (χ4v) is 1.82. The molecule has 0 aromatic carbocycles. The molecular weight excluding hydrogens is 242 g/mol. The van der Waals surface area contributed by atoms with E-state index in [2.05, 4.69) is 10.3 Å². The van der Waals surface area contributed by atoms with E-state index < -0.39 is 10.8 Å². The van der Waals surface area contributed by atoms with Gasteiger partial charge >= 0.3 is 0 Å². The number of anilines is 1. The maximum absolute atomic E-state index is 10.8. The monoisotopic (exact) mass is 257 g/mol. The summed E-state index contributed by atoms with van der Waals surface area (Å²) >= 11 is 4.80. The average molecular weight is 257 g/mol. The Morgan fingerprint density at radius 1 is 1.62 bits per heavy atom. The predicted octanol–water partition coefficient (Wildman–Crippen LogP) is 0.896. The van der Waals surface area contributed by atoms with Crippen LogP contribution in [0.15, 0.2) is 18.3 Å². The largest absolute Gasteiger partial charge is 0.388 e. The Balaban J connectivity index is 2.38. The fraction of sp³-hybridized carbons (Fsp3) is 0.400. The van der Waals surface area contributed by atoms with Crippen LogP contribution in [0.25, 0.3) is 0 Å². The summed E-state index contributed by atoms with van der Waals surface area (Å²) in [5.41, 5.74) is 6.97. The first kappa shape index (κ1) is 13.1. The number of hydrogen-bond donors (Lipinski definition) is 2. The molecule has 0 saturated carbocycles. The molecule has 0 aliphatic rings. The van der Waals surface area contributed by atoms with E-state index >= 15 is 0 Å². The molecule has 0 saturated heterocycles. The van der Waals surface area contributed by atoms with E-state index in [1.807, 2.05) is 6.07 Å². The van der Waals surface area contributed by atoms with Crippen molar-refractivity contribution in [1.82, 2.24) is 4.98 Å². The van der Waals surface area contributed by atoms with Crippen LogP contribution in [0.1, 0.15) is 12.1 Å². The van der Waals surface area contributed by atoms with Crippen LogP contribution in [0.3, 0.4) is 0 Å². The molecule has 0 aliphatic carbocycles. The number of nitrogens with zero attached hydrogens (tertiary/aromatic N) is 1. The van der Waals surface area contributed by atoms with Crippen molar-refractivity contribution in [3.05, 3.63) is 24.0 Å². The second-order valence-corrected chi connectivity index (χ2v) is 5.35. The molecule has 0 aliphatic heterocycles. The normalized spacial score (nSPS) is 12.1. The van der Waals surface area contributed by atoms with Crippen LogP contribution in [0, 0.1) is 0 Å². The van der Waals surface area contributed by atoms with Gasteiger partial charge in [0.1, 0.15) is 4.99 Å². The number of hydrogen-bond acceptors (Lipinski definition) is 4. The van der Waals surface area contributed by atoms with E-state index in [4.69, 9.17) is 18.0 Å². The van der Waals surface area contributed by atoms with E-state index in [1.165, 1.54) is 0 Å². The van der Waals surface area contributed by atoms with Gasteiger partial charge in [-0.3, -0.25) is 9.19 Å². The third-order valence-corrected chi connectivity index (χ3v) is 3.03. The molecule has 1 rings (SSSR count). The number of thiocarbonyl (C=S) groups is 1. The Morgan fingerprint density at radius 3 is 2.88 bits per heavy atom. The van der Waals surface area contributed by atoms with E-state index in [0.717, 1.165) is 18.7 Å². The van der Waals surface area contributed by atoms with Gasteiger partial charge in [-0.2, -0.15) is 0 Å². The van der Waals surface area contributed by atoms with E-state index in [1.54, 1.807) is 18.5 Å². The highest BCUT2D eigenvalue weighted by atomic mass is 32.2. The van der Waals surface area contributed by atoms with Gasteiger partial charge in [0.2, 0.25) is 0 Å². The number of nitrogens with one attached hydrogen (secondary N) is 1. The van der Waals surface area contributed by atoms with Crippen molar-refractivity contribution in [3.63, 3.8) is 0 Å². The third-order valence-electron chi connectivity index (χ3n) is 1.95. The lowest BCUT2D eigenvalue weighted by Crippen LogP contribution is -2.12. The molecule has 6 heteroatoms. The van der Waals surface area contributed by atoms with Gasteiger partial charge in [0, 0.05) is 29.4 Å². The van der Waals surface area contributed by atoms with E-state index in [0.29, 0.717) is 16.4 Å². The summed E-state index contributed by atoms with van der Waals surface area (Å²) in [6.45, 7) is 0.785. The molecule has 1 atom stereocenters. The minimum Gasteiger partial charge on any atom is -0.388 e. The van der Waals surface area contributed by atoms with Gasteiger partial charge in [0.15, 0.2) is 0 Å². The van der Waals surface area contributed by atoms with Crippen molar-refractivity contribution in [2.24, 2.45) is 5.73 Å². The first-order valence-corrected chi connectivity index (χ1v) is 7.03. The Labute approximate surface area is 103 Å². The lowest BCUT2D eigenvalue weighted by atomic mass is 10.3. The van der Waals surface area contributed by atoms with Gasteiger partial charge in [-0.25, -0.2) is 0 Å². The van der Waals surface area contributed by atoms with Crippen molar-refractivity contribution < 1.29 is 4.21 Å². The molecular formula is C10H15N3OS2. The minimum absolute atomic E-state index is 0.299. The van der Waals surface area contributed by atoms with Gasteiger partial charge in [-0.1, -0.05) is 12.2 Å². The number of rotatable bonds is 6. The number of aromatic nitrogens is 1. The van der Waals surface area contributed by atoms with Crippen LogP contribution in [0.5, 0.6) is 0 Å². The topological polar surface area (TPSA) is 68.0 Å².